The maximum atomic E-state index is 11.6. The topological polar surface area (TPSA) is 122 Å². The summed E-state index contributed by atoms with van der Waals surface area (Å²) in [6.45, 7) is 1.19. The Bertz CT molecular complexity index is 500. The van der Waals surface area contributed by atoms with Gasteiger partial charge in [-0.05, 0) is 19.1 Å². The molecule has 19 heavy (non-hydrogen) atoms. The van der Waals surface area contributed by atoms with Crippen molar-refractivity contribution >= 4 is 17.8 Å². The monoisotopic (exact) mass is 269 g/mol. The molecule has 0 radical (unpaired) electrons. The number of carboxylic acids is 2. The molecule has 1 aromatic carbocycles. The highest BCUT2D eigenvalue weighted by Crippen LogP contribution is 2.08. The van der Waals surface area contributed by atoms with Gasteiger partial charge in [0.05, 0.1) is 11.1 Å². The second kappa shape index (κ2) is 6.47. The predicted octanol–water partition coefficient (Wildman–Crippen LogP) is 0.451. The van der Waals surface area contributed by atoms with E-state index in [0.29, 0.717) is 0 Å². The summed E-state index contributed by atoms with van der Waals surface area (Å²) in [4.78, 5) is 41.4. The second-order valence-corrected chi connectivity index (χ2v) is 3.44. The van der Waals surface area contributed by atoms with Crippen LogP contribution in [0.1, 0.15) is 27.6 Å². The van der Waals surface area contributed by atoms with Crippen LogP contribution in [0.15, 0.2) is 24.3 Å². The molecule has 1 unspecified atom stereocenters. The first-order valence-corrected chi connectivity index (χ1v) is 5.11. The number of benzene rings is 1. The van der Waals surface area contributed by atoms with Gasteiger partial charge >= 0.3 is 11.9 Å². The molecule has 3 N–H and O–H groups in total. The van der Waals surface area contributed by atoms with Crippen molar-refractivity contribution in [3.8, 4) is 0 Å². The summed E-state index contributed by atoms with van der Waals surface area (Å²) in [5.41, 5.74) is 1.44. The van der Waals surface area contributed by atoms with Crippen LogP contribution in [0.4, 0.5) is 0 Å². The van der Waals surface area contributed by atoms with E-state index in [2.05, 4.69) is 9.88 Å². The number of carbonyl (C=O) groups is 3. The molecule has 1 aromatic rings. The third-order valence-electron chi connectivity index (χ3n) is 2.08. The van der Waals surface area contributed by atoms with Gasteiger partial charge in [0.25, 0.3) is 5.91 Å². The molecule has 0 aliphatic rings. The van der Waals surface area contributed by atoms with Crippen molar-refractivity contribution in [3.05, 3.63) is 35.4 Å². The standard InChI is InChI=1S/C11H11NO7/c1-6(10(14)15)18-19-12-9(13)7-4-2-3-5-8(7)11(16)17/h2-6H,1H3,(H,12,13)(H,14,15)(H,16,17). The molecule has 8 heteroatoms. The summed E-state index contributed by atoms with van der Waals surface area (Å²) in [5.74, 6) is -3.42. The van der Waals surface area contributed by atoms with E-state index in [1.165, 1.54) is 31.2 Å². The lowest BCUT2D eigenvalue weighted by Crippen LogP contribution is -2.30. The number of aromatic carboxylic acids is 1. The first kappa shape index (κ1) is 14.6. The summed E-state index contributed by atoms with van der Waals surface area (Å²) < 4.78 is 0. The van der Waals surface area contributed by atoms with Crippen LogP contribution in [0.2, 0.25) is 0 Å². The van der Waals surface area contributed by atoms with E-state index < -0.39 is 23.9 Å². The van der Waals surface area contributed by atoms with E-state index in [1.54, 1.807) is 5.48 Å². The average molecular weight is 269 g/mol. The Morgan fingerprint density at radius 2 is 1.74 bits per heavy atom. The minimum atomic E-state index is -1.28. The third kappa shape index (κ3) is 4.05. The molecule has 1 atom stereocenters. The number of aliphatic carboxylic acids is 1. The van der Waals surface area contributed by atoms with E-state index in [1.807, 2.05) is 0 Å². The van der Waals surface area contributed by atoms with Crippen LogP contribution < -0.4 is 5.48 Å². The number of carboxylic acid groups (broad SMARTS) is 2. The smallest absolute Gasteiger partial charge is 0.336 e. The summed E-state index contributed by atoms with van der Waals surface area (Å²) >= 11 is 0. The first-order chi connectivity index (χ1) is 8.93. The zero-order valence-corrected chi connectivity index (χ0v) is 9.82. The lowest BCUT2D eigenvalue weighted by atomic mass is 10.1. The maximum absolute atomic E-state index is 11.6. The third-order valence-corrected chi connectivity index (χ3v) is 2.08. The average Bonchev–Trinajstić information content (AvgIpc) is 2.38. The van der Waals surface area contributed by atoms with Crippen LogP contribution in [-0.2, 0) is 14.7 Å². The van der Waals surface area contributed by atoms with Crippen LogP contribution in [0, 0.1) is 0 Å². The minimum absolute atomic E-state index is 0.137. The van der Waals surface area contributed by atoms with E-state index in [4.69, 9.17) is 10.2 Å². The van der Waals surface area contributed by atoms with E-state index in [0.717, 1.165) is 0 Å². The Labute approximate surface area is 107 Å². The van der Waals surface area contributed by atoms with Gasteiger partial charge < -0.3 is 10.2 Å². The molecule has 102 valence electrons. The molecular weight excluding hydrogens is 258 g/mol. The summed E-state index contributed by atoms with van der Waals surface area (Å²) in [6.07, 6.45) is -1.28. The lowest BCUT2D eigenvalue weighted by molar-refractivity contribution is -0.343. The Balaban J connectivity index is 2.64. The first-order valence-electron chi connectivity index (χ1n) is 5.11. The molecule has 0 saturated carbocycles. The van der Waals surface area contributed by atoms with Crippen molar-refractivity contribution in [1.82, 2.24) is 5.48 Å². The minimum Gasteiger partial charge on any atom is -0.479 e. The molecule has 0 aliphatic heterocycles. The molecule has 8 nitrogen and oxygen atoms in total. The second-order valence-electron chi connectivity index (χ2n) is 3.44. The highest BCUT2D eigenvalue weighted by Gasteiger charge is 2.17. The van der Waals surface area contributed by atoms with E-state index >= 15 is 0 Å². The predicted molar refractivity (Wildman–Crippen MR) is 60.1 cm³/mol. The molecule has 0 saturated heterocycles. The molecule has 0 aliphatic carbocycles. The molecule has 0 fully saturated rings. The van der Waals surface area contributed by atoms with Crippen LogP contribution in [0.5, 0.6) is 0 Å². The summed E-state index contributed by atoms with van der Waals surface area (Å²) in [6, 6.07) is 5.47. The molecule has 1 amide bonds. The number of amides is 1. The lowest BCUT2D eigenvalue weighted by Gasteiger charge is -2.08. The van der Waals surface area contributed by atoms with Gasteiger partial charge in [0, 0.05) is 0 Å². The number of nitrogens with one attached hydrogen (secondary N) is 1. The Kier molecular flexibility index (Phi) is 4.98. The van der Waals surface area contributed by atoms with Gasteiger partial charge in [-0.3, -0.25) is 4.79 Å². The molecule has 0 bridgehead atoms. The number of rotatable bonds is 6. The van der Waals surface area contributed by atoms with Gasteiger partial charge in [-0.1, -0.05) is 12.1 Å². The SMILES string of the molecule is CC(OONC(=O)c1ccccc1C(=O)O)C(=O)O. The number of hydrogen-bond donors (Lipinski definition) is 3. The van der Waals surface area contributed by atoms with Gasteiger partial charge in [-0.2, -0.15) is 10.4 Å². The van der Waals surface area contributed by atoms with Crippen LogP contribution in [-0.4, -0.2) is 34.2 Å². The number of carbonyl (C=O) groups excluding carboxylic acids is 1. The van der Waals surface area contributed by atoms with Gasteiger partial charge in [-0.25, -0.2) is 9.59 Å². The summed E-state index contributed by atoms with van der Waals surface area (Å²) in [7, 11) is 0. The number of hydroxylamine groups is 1. The van der Waals surface area contributed by atoms with Crippen LogP contribution in [0.3, 0.4) is 0 Å². The van der Waals surface area contributed by atoms with Crippen molar-refractivity contribution in [2.45, 2.75) is 13.0 Å². The molecule has 0 aromatic heterocycles. The van der Waals surface area contributed by atoms with Crippen LogP contribution >= 0.6 is 0 Å². The molecule has 1 rings (SSSR count). The van der Waals surface area contributed by atoms with Crippen molar-refractivity contribution in [1.29, 1.82) is 0 Å². The fourth-order valence-electron chi connectivity index (χ4n) is 1.10. The molecular formula is C11H11NO7. The molecule has 0 heterocycles. The summed E-state index contributed by atoms with van der Waals surface area (Å²) in [5, 5.41) is 17.4. The fourth-order valence-corrected chi connectivity index (χ4v) is 1.10. The molecule has 0 spiro atoms. The largest absolute Gasteiger partial charge is 0.479 e. The van der Waals surface area contributed by atoms with Crippen molar-refractivity contribution in [2.24, 2.45) is 0 Å². The fraction of sp³-hybridized carbons (Fsp3) is 0.182. The zero-order chi connectivity index (χ0) is 14.4. The van der Waals surface area contributed by atoms with Crippen molar-refractivity contribution < 1.29 is 34.5 Å². The van der Waals surface area contributed by atoms with Gasteiger partial charge in [0.15, 0.2) is 6.10 Å². The van der Waals surface area contributed by atoms with Crippen LogP contribution in [0.25, 0.3) is 0 Å². The quantitative estimate of drug-likeness (QED) is 0.506. The van der Waals surface area contributed by atoms with Gasteiger partial charge in [0.1, 0.15) is 0 Å². The van der Waals surface area contributed by atoms with Crippen molar-refractivity contribution in [3.63, 3.8) is 0 Å². The Morgan fingerprint density at radius 3 is 2.26 bits per heavy atom. The maximum Gasteiger partial charge on any atom is 0.336 e. The highest BCUT2D eigenvalue weighted by molar-refractivity contribution is 6.04. The normalized spacial score (nSPS) is 11.6. The Hall–Kier alpha value is -2.45. The van der Waals surface area contributed by atoms with Gasteiger partial charge in [0.2, 0.25) is 0 Å². The zero-order valence-electron chi connectivity index (χ0n) is 9.82. The Morgan fingerprint density at radius 1 is 1.16 bits per heavy atom. The van der Waals surface area contributed by atoms with Gasteiger partial charge in [-0.15, -0.1) is 4.99 Å². The highest BCUT2D eigenvalue weighted by atomic mass is 17.3. The van der Waals surface area contributed by atoms with Crippen molar-refractivity contribution in [2.75, 3.05) is 0 Å². The van der Waals surface area contributed by atoms with E-state index in [-0.39, 0.29) is 11.1 Å². The van der Waals surface area contributed by atoms with E-state index in [9.17, 15) is 14.4 Å². The number of hydrogen-bond acceptors (Lipinski definition) is 5.